The molecule has 1 N–H and O–H groups in total. The Morgan fingerprint density at radius 3 is 3.05 bits per heavy atom. The number of hydrogen-bond donors (Lipinski definition) is 1. The number of nitrogens with one attached hydrogen (secondary N) is 1. The van der Waals surface area contributed by atoms with E-state index < -0.39 is 11.9 Å². The molecule has 1 aliphatic heterocycles. The van der Waals surface area contributed by atoms with E-state index in [9.17, 15) is 14.0 Å². The Balaban J connectivity index is 1.97. The van der Waals surface area contributed by atoms with Crippen molar-refractivity contribution >= 4 is 17.6 Å². The van der Waals surface area contributed by atoms with Gasteiger partial charge in [-0.2, -0.15) is 0 Å². The van der Waals surface area contributed by atoms with Crippen LogP contribution in [-0.2, 0) is 14.3 Å². The molecule has 5 nitrogen and oxygen atoms in total. The smallest absolute Gasteiger partial charge is 0.323 e. The number of halogens is 1. The maximum absolute atomic E-state index is 13.0. The standard InChI is InChI=1S/C14H17FN2O3/c1-2-17-6-7-20-14(19)12(17)9-13(18)16-11-5-3-4-10(15)8-11/h3-5,8,12H,2,6-7,9H2,1H3,(H,16,18)/t12-/m1/s1. The van der Waals surface area contributed by atoms with E-state index in [4.69, 9.17) is 4.74 Å². The van der Waals surface area contributed by atoms with Crippen molar-refractivity contribution in [3.63, 3.8) is 0 Å². The molecule has 1 aliphatic rings. The molecule has 0 unspecified atom stereocenters. The predicted molar refractivity (Wildman–Crippen MR) is 71.6 cm³/mol. The van der Waals surface area contributed by atoms with E-state index >= 15 is 0 Å². The van der Waals surface area contributed by atoms with E-state index in [1.165, 1.54) is 18.2 Å². The van der Waals surface area contributed by atoms with Crippen LogP contribution in [0.2, 0.25) is 0 Å². The van der Waals surface area contributed by atoms with E-state index in [-0.39, 0.29) is 18.3 Å². The monoisotopic (exact) mass is 280 g/mol. The van der Waals surface area contributed by atoms with E-state index in [0.717, 1.165) is 0 Å². The summed E-state index contributed by atoms with van der Waals surface area (Å²) in [4.78, 5) is 25.5. The lowest BCUT2D eigenvalue weighted by Crippen LogP contribution is -2.50. The quantitative estimate of drug-likeness (QED) is 0.847. The van der Waals surface area contributed by atoms with Crippen LogP contribution in [0.5, 0.6) is 0 Å². The van der Waals surface area contributed by atoms with E-state index in [1.807, 2.05) is 11.8 Å². The number of esters is 1. The van der Waals surface area contributed by atoms with Crippen LogP contribution >= 0.6 is 0 Å². The first-order valence-electron chi connectivity index (χ1n) is 6.56. The van der Waals surface area contributed by atoms with Crippen molar-refractivity contribution in [3.8, 4) is 0 Å². The van der Waals surface area contributed by atoms with Gasteiger partial charge in [-0.15, -0.1) is 0 Å². The molecule has 0 spiro atoms. The van der Waals surface area contributed by atoms with Crippen LogP contribution in [0.25, 0.3) is 0 Å². The summed E-state index contributed by atoms with van der Waals surface area (Å²) in [5, 5.41) is 2.58. The first-order valence-corrected chi connectivity index (χ1v) is 6.56. The van der Waals surface area contributed by atoms with Crippen molar-refractivity contribution in [1.29, 1.82) is 0 Å². The fraction of sp³-hybridized carbons (Fsp3) is 0.429. The molecule has 6 heteroatoms. The highest BCUT2D eigenvalue weighted by molar-refractivity contribution is 5.94. The number of carbonyl (C=O) groups excluding carboxylic acids is 2. The summed E-state index contributed by atoms with van der Waals surface area (Å²) < 4.78 is 18.0. The second kappa shape index (κ2) is 6.47. The molecule has 2 rings (SSSR count). The normalized spacial score (nSPS) is 19.5. The van der Waals surface area contributed by atoms with E-state index in [1.54, 1.807) is 6.07 Å². The minimum atomic E-state index is -0.567. The molecular weight excluding hydrogens is 263 g/mol. The Morgan fingerprint density at radius 1 is 1.55 bits per heavy atom. The van der Waals surface area contributed by atoms with Crippen LogP contribution in [0, 0.1) is 5.82 Å². The lowest BCUT2D eigenvalue weighted by atomic mass is 10.1. The van der Waals surface area contributed by atoms with Crippen LogP contribution in [0.4, 0.5) is 10.1 Å². The molecule has 1 fully saturated rings. The summed E-state index contributed by atoms with van der Waals surface area (Å²) in [6.45, 7) is 3.58. The summed E-state index contributed by atoms with van der Waals surface area (Å²) in [5.41, 5.74) is 0.377. The van der Waals surface area contributed by atoms with Gasteiger partial charge in [0.25, 0.3) is 0 Å². The number of likely N-dealkylation sites (N-methyl/N-ethyl adjacent to an activating group) is 1. The molecule has 0 radical (unpaired) electrons. The number of cyclic esters (lactones) is 1. The Morgan fingerprint density at radius 2 is 2.35 bits per heavy atom. The zero-order valence-electron chi connectivity index (χ0n) is 11.3. The summed E-state index contributed by atoms with van der Waals surface area (Å²) in [6.07, 6.45) is 0.00316. The highest BCUT2D eigenvalue weighted by Crippen LogP contribution is 2.14. The third-order valence-corrected chi connectivity index (χ3v) is 3.23. The molecule has 1 atom stereocenters. The average molecular weight is 280 g/mol. The molecule has 0 saturated carbocycles. The number of hydrogen-bond acceptors (Lipinski definition) is 4. The number of amides is 1. The summed E-state index contributed by atoms with van der Waals surface area (Å²) >= 11 is 0. The zero-order valence-corrected chi connectivity index (χ0v) is 11.3. The van der Waals surface area contributed by atoms with E-state index in [0.29, 0.717) is 25.4 Å². The molecule has 108 valence electrons. The number of ether oxygens (including phenoxy) is 1. The SMILES string of the molecule is CCN1CCOC(=O)[C@H]1CC(=O)Nc1cccc(F)c1. The first-order chi connectivity index (χ1) is 9.60. The second-order valence-corrected chi connectivity index (χ2v) is 4.57. The van der Waals surface area contributed by atoms with Gasteiger partial charge in [0.1, 0.15) is 18.5 Å². The molecule has 1 saturated heterocycles. The third-order valence-electron chi connectivity index (χ3n) is 3.23. The van der Waals surface area contributed by atoms with Crippen LogP contribution in [0.3, 0.4) is 0 Å². The summed E-state index contributed by atoms with van der Waals surface area (Å²) in [6, 6.07) is 5.07. The molecular formula is C14H17FN2O3. The van der Waals surface area contributed by atoms with Crippen LogP contribution in [0.15, 0.2) is 24.3 Å². The fourth-order valence-electron chi connectivity index (χ4n) is 2.21. The largest absolute Gasteiger partial charge is 0.463 e. The van der Waals surface area contributed by atoms with Crippen molar-refractivity contribution in [3.05, 3.63) is 30.1 Å². The van der Waals surface area contributed by atoms with Crippen molar-refractivity contribution in [2.24, 2.45) is 0 Å². The number of carbonyl (C=O) groups is 2. The molecule has 0 bridgehead atoms. The maximum atomic E-state index is 13.0. The maximum Gasteiger partial charge on any atom is 0.323 e. The van der Waals surface area contributed by atoms with Gasteiger partial charge in [0, 0.05) is 12.2 Å². The third kappa shape index (κ3) is 3.54. The van der Waals surface area contributed by atoms with Gasteiger partial charge < -0.3 is 10.1 Å². The fourth-order valence-corrected chi connectivity index (χ4v) is 2.21. The van der Waals surface area contributed by atoms with E-state index in [2.05, 4.69) is 5.32 Å². The Hall–Kier alpha value is -1.95. The first kappa shape index (κ1) is 14.5. The predicted octanol–water partition coefficient (Wildman–Crippen LogP) is 1.40. The molecule has 1 aromatic carbocycles. The van der Waals surface area contributed by atoms with Crippen molar-refractivity contribution in [2.75, 3.05) is 25.0 Å². The topological polar surface area (TPSA) is 58.6 Å². The van der Waals surface area contributed by atoms with Crippen LogP contribution in [-0.4, -0.2) is 42.5 Å². The molecule has 1 amide bonds. The van der Waals surface area contributed by atoms with Gasteiger partial charge in [0.15, 0.2) is 0 Å². The Kier molecular flexibility index (Phi) is 4.68. The highest BCUT2D eigenvalue weighted by atomic mass is 19.1. The van der Waals surface area contributed by atoms with Gasteiger partial charge >= 0.3 is 5.97 Å². The van der Waals surface area contributed by atoms with Gasteiger partial charge in [-0.25, -0.2) is 4.39 Å². The number of nitrogens with zero attached hydrogens (tertiary/aromatic N) is 1. The molecule has 20 heavy (non-hydrogen) atoms. The van der Waals surface area contributed by atoms with Crippen LogP contribution in [0.1, 0.15) is 13.3 Å². The lowest BCUT2D eigenvalue weighted by molar-refractivity contribution is -0.158. The van der Waals surface area contributed by atoms with Gasteiger partial charge in [0.2, 0.25) is 5.91 Å². The van der Waals surface area contributed by atoms with Gasteiger partial charge in [-0.05, 0) is 24.7 Å². The Bertz CT molecular complexity index is 507. The van der Waals surface area contributed by atoms with Crippen molar-refractivity contribution in [1.82, 2.24) is 4.90 Å². The van der Waals surface area contributed by atoms with Crippen molar-refractivity contribution < 1.29 is 18.7 Å². The summed E-state index contributed by atoms with van der Waals surface area (Å²) in [5.74, 6) is -1.14. The second-order valence-electron chi connectivity index (χ2n) is 4.57. The summed E-state index contributed by atoms with van der Waals surface area (Å²) in [7, 11) is 0. The molecule has 0 aliphatic carbocycles. The van der Waals surface area contributed by atoms with Gasteiger partial charge in [-0.1, -0.05) is 13.0 Å². The molecule has 0 aromatic heterocycles. The van der Waals surface area contributed by atoms with Crippen LogP contribution < -0.4 is 5.32 Å². The van der Waals surface area contributed by atoms with Gasteiger partial charge in [0.05, 0.1) is 6.42 Å². The Labute approximate surface area is 116 Å². The molecule has 1 heterocycles. The highest BCUT2D eigenvalue weighted by Gasteiger charge is 2.32. The zero-order chi connectivity index (χ0) is 14.5. The molecule has 1 aromatic rings. The minimum absolute atomic E-state index is 0.00316. The number of benzene rings is 1. The minimum Gasteiger partial charge on any atom is -0.463 e. The lowest BCUT2D eigenvalue weighted by Gasteiger charge is -2.32. The average Bonchev–Trinajstić information content (AvgIpc) is 2.41. The van der Waals surface area contributed by atoms with Gasteiger partial charge in [-0.3, -0.25) is 14.5 Å². The number of anilines is 1. The number of morpholine rings is 1. The number of rotatable bonds is 4. The van der Waals surface area contributed by atoms with Crippen molar-refractivity contribution in [2.45, 2.75) is 19.4 Å².